The highest BCUT2D eigenvalue weighted by Gasteiger charge is 2.34. The van der Waals surface area contributed by atoms with Gasteiger partial charge in [-0.2, -0.15) is 0 Å². The van der Waals surface area contributed by atoms with E-state index in [2.05, 4.69) is 5.32 Å². The highest BCUT2D eigenvalue weighted by Crippen LogP contribution is 2.29. The summed E-state index contributed by atoms with van der Waals surface area (Å²) in [7, 11) is -2.56. The summed E-state index contributed by atoms with van der Waals surface area (Å²) >= 11 is 0. The van der Waals surface area contributed by atoms with Crippen LogP contribution in [-0.4, -0.2) is 50.4 Å². The van der Waals surface area contributed by atoms with Gasteiger partial charge in [-0.15, -0.1) is 0 Å². The van der Waals surface area contributed by atoms with Crippen LogP contribution in [0.25, 0.3) is 0 Å². The van der Waals surface area contributed by atoms with E-state index in [0.717, 1.165) is 21.0 Å². The van der Waals surface area contributed by atoms with Gasteiger partial charge in [0.2, 0.25) is 11.8 Å². The number of ether oxygens (including phenoxy) is 1. The highest BCUT2D eigenvalue weighted by molar-refractivity contribution is 7.92. The van der Waals surface area contributed by atoms with Crippen molar-refractivity contribution in [3.8, 4) is 5.75 Å². The molecular weight excluding hydrogens is 538 g/mol. The first-order valence-electron chi connectivity index (χ1n) is 13.5. The fourth-order valence-electron chi connectivity index (χ4n) is 4.32. The number of aryl methyl sites for hydroxylation is 3. The highest BCUT2D eigenvalue weighted by atomic mass is 32.2. The lowest BCUT2D eigenvalue weighted by atomic mass is 10.1. The van der Waals surface area contributed by atoms with Crippen LogP contribution in [0.15, 0.2) is 71.6 Å². The van der Waals surface area contributed by atoms with Gasteiger partial charge in [0.25, 0.3) is 10.0 Å². The summed E-state index contributed by atoms with van der Waals surface area (Å²) in [4.78, 5) is 28.9. The first-order chi connectivity index (χ1) is 19.1. The number of amides is 2. The largest absolute Gasteiger partial charge is 0.497 e. The van der Waals surface area contributed by atoms with E-state index in [-0.39, 0.29) is 17.3 Å². The van der Waals surface area contributed by atoms with Crippen LogP contribution < -0.4 is 14.4 Å². The number of nitrogens with one attached hydrogen (secondary N) is 1. The molecule has 3 aromatic carbocycles. The third-order valence-corrected chi connectivity index (χ3v) is 8.47. The van der Waals surface area contributed by atoms with E-state index in [0.29, 0.717) is 17.0 Å². The number of carbonyl (C=O) groups excluding carboxylic acids is 2. The Hall–Kier alpha value is -3.85. The van der Waals surface area contributed by atoms with E-state index in [1.54, 1.807) is 56.5 Å². The second-order valence-corrected chi connectivity index (χ2v) is 13.3. The molecule has 2 amide bonds. The number of methoxy groups -OCH3 is 1. The van der Waals surface area contributed by atoms with Crippen molar-refractivity contribution in [2.24, 2.45) is 0 Å². The number of anilines is 1. The molecular formula is C32H41N3O5S. The lowest BCUT2D eigenvalue weighted by Gasteiger charge is -2.34. The van der Waals surface area contributed by atoms with Gasteiger partial charge in [0.05, 0.1) is 17.7 Å². The molecule has 3 aromatic rings. The summed E-state index contributed by atoms with van der Waals surface area (Å²) in [6.07, 6.45) is 0. The van der Waals surface area contributed by atoms with Gasteiger partial charge < -0.3 is 15.0 Å². The number of hydrogen-bond acceptors (Lipinski definition) is 5. The minimum absolute atomic E-state index is 0.0806. The van der Waals surface area contributed by atoms with Crippen LogP contribution in [0.2, 0.25) is 0 Å². The van der Waals surface area contributed by atoms with E-state index in [1.807, 2.05) is 65.8 Å². The van der Waals surface area contributed by atoms with E-state index < -0.39 is 34.1 Å². The number of sulfonamides is 1. The van der Waals surface area contributed by atoms with Crippen molar-refractivity contribution in [1.82, 2.24) is 10.2 Å². The first-order valence-corrected chi connectivity index (χ1v) is 15.0. The third-order valence-electron chi connectivity index (χ3n) is 6.70. The molecule has 0 bridgehead atoms. The molecule has 3 rings (SSSR count). The molecule has 1 atom stereocenters. The number of nitrogens with zero attached hydrogens (tertiary/aromatic N) is 2. The van der Waals surface area contributed by atoms with Crippen molar-refractivity contribution in [1.29, 1.82) is 0 Å². The number of carbonyl (C=O) groups is 2. The number of hydrogen-bond donors (Lipinski definition) is 1. The molecule has 0 saturated heterocycles. The summed E-state index contributed by atoms with van der Waals surface area (Å²) in [6, 6.07) is 18.4. The van der Waals surface area contributed by atoms with Crippen LogP contribution >= 0.6 is 0 Å². The molecule has 0 spiro atoms. The van der Waals surface area contributed by atoms with Gasteiger partial charge in [0.15, 0.2) is 0 Å². The molecule has 0 aliphatic heterocycles. The van der Waals surface area contributed by atoms with E-state index >= 15 is 0 Å². The van der Waals surface area contributed by atoms with Gasteiger partial charge in [-0.25, -0.2) is 8.42 Å². The van der Waals surface area contributed by atoms with Crippen LogP contribution in [0.4, 0.5) is 5.69 Å². The van der Waals surface area contributed by atoms with Crippen LogP contribution in [0.1, 0.15) is 49.9 Å². The van der Waals surface area contributed by atoms with Crippen molar-refractivity contribution >= 4 is 27.5 Å². The summed E-state index contributed by atoms with van der Waals surface area (Å²) in [6.45, 7) is 12.4. The minimum atomic E-state index is -4.13. The zero-order valence-corrected chi connectivity index (χ0v) is 26.0. The fourth-order valence-corrected chi connectivity index (χ4v) is 5.79. The SMILES string of the molecule is COc1ccc(CN(C(=O)CN(c2cc(C)ccc2C)S(=O)(=O)c2ccc(C)cc2)[C@@H](C)C(=O)NC(C)(C)C)cc1. The Morgan fingerprint density at radius 2 is 1.49 bits per heavy atom. The second kappa shape index (κ2) is 12.8. The van der Waals surface area contributed by atoms with Crippen molar-refractivity contribution in [2.45, 2.75) is 71.5 Å². The average Bonchev–Trinajstić information content (AvgIpc) is 2.91. The molecule has 0 fully saturated rings. The predicted octanol–water partition coefficient (Wildman–Crippen LogP) is 5.15. The van der Waals surface area contributed by atoms with Gasteiger partial charge in [-0.1, -0.05) is 42.0 Å². The van der Waals surface area contributed by atoms with E-state index in [9.17, 15) is 18.0 Å². The van der Waals surface area contributed by atoms with Gasteiger partial charge in [0.1, 0.15) is 18.3 Å². The lowest BCUT2D eigenvalue weighted by Crippen LogP contribution is -2.54. The molecule has 0 heterocycles. The lowest BCUT2D eigenvalue weighted by molar-refractivity contribution is -0.140. The molecule has 0 aliphatic carbocycles. The summed E-state index contributed by atoms with van der Waals surface area (Å²) in [5.41, 5.74) is 3.15. The summed E-state index contributed by atoms with van der Waals surface area (Å²) < 4.78 is 34.5. The maximum atomic E-state index is 14.1. The van der Waals surface area contributed by atoms with Crippen molar-refractivity contribution in [3.05, 3.63) is 89.0 Å². The zero-order chi connectivity index (χ0) is 30.5. The third kappa shape index (κ3) is 8.10. The molecule has 41 heavy (non-hydrogen) atoms. The van der Waals surface area contributed by atoms with Crippen LogP contribution in [0.3, 0.4) is 0 Å². The van der Waals surface area contributed by atoms with Crippen LogP contribution in [0, 0.1) is 20.8 Å². The van der Waals surface area contributed by atoms with Gasteiger partial charge in [-0.05, 0) is 95.5 Å². The van der Waals surface area contributed by atoms with Crippen LogP contribution in [0.5, 0.6) is 5.75 Å². The molecule has 0 radical (unpaired) electrons. The van der Waals surface area contributed by atoms with E-state index in [1.165, 1.54) is 4.90 Å². The van der Waals surface area contributed by atoms with Gasteiger partial charge in [0, 0.05) is 12.1 Å². The van der Waals surface area contributed by atoms with Crippen molar-refractivity contribution in [3.63, 3.8) is 0 Å². The maximum Gasteiger partial charge on any atom is 0.264 e. The van der Waals surface area contributed by atoms with Crippen molar-refractivity contribution < 1.29 is 22.7 Å². The summed E-state index contributed by atoms with van der Waals surface area (Å²) in [5, 5.41) is 2.94. The predicted molar refractivity (Wildman–Crippen MR) is 163 cm³/mol. The second-order valence-electron chi connectivity index (χ2n) is 11.4. The van der Waals surface area contributed by atoms with Gasteiger partial charge >= 0.3 is 0 Å². The molecule has 0 aromatic heterocycles. The van der Waals surface area contributed by atoms with E-state index in [4.69, 9.17) is 4.74 Å². The standard InChI is InChI=1S/C32H41N3O5S/c1-22-10-17-28(18-11-22)41(38,39)35(29-19-23(2)9-12-24(29)3)21-30(36)34(25(4)31(37)33-32(5,6)7)20-26-13-15-27(40-8)16-14-26/h9-19,25H,20-21H2,1-8H3,(H,33,37)/t25-/m0/s1. The molecule has 0 aliphatic rings. The van der Waals surface area contributed by atoms with Crippen LogP contribution in [-0.2, 0) is 26.2 Å². The quantitative estimate of drug-likeness (QED) is 0.359. The number of rotatable bonds is 10. The Morgan fingerprint density at radius 1 is 0.902 bits per heavy atom. The van der Waals surface area contributed by atoms with Gasteiger partial charge in [-0.3, -0.25) is 13.9 Å². The smallest absolute Gasteiger partial charge is 0.264 e. The normalized spacial score (nSPS) is 12.4. The summed E-state index contributed by atoms with van der Waals surface area (Å²) in [5.74, 6) is -0.177. The molecule has 8 nitrogen and oxygen atoms in total. The number of benzene rings is 3. The van der Waals surface area contributed by atoms with Crippen molar-refractivity contribution in [2.75, 3.05) is 18.0 Å². The first kappa shape index (κ1) is 31.7. The Balaban J connectivity index is 2.07. The Kier molecular flexibility index (Phi) is 9.86. The maximum absolute atomic E-state index is 14.1. The molecule has 0 saturated carbocycles. The Labute approximate surface area is 244 Å². The molecule has 0 unspecified atom stereocenters. The minimum Gasteiger partial charge on any atom is -0.497 e. The monoisotopic (exact) mass is 579 g/mol. The fraction of sp³-hybridized carbons (Fsp3) is 0.375. The molecule has 1 N–H and O–H groups in total. The average molecular weight is 580 g/mol. The molecule has 9 heteroatoms. The zero-order valence-electron chi connectivity index (χ0n) is 25.2. The Bertz CT molecular complexity index is 1480. The topological polar surface area (TPSA) is 96.0 Å². The Morgan fingerprint density at radius 3 is 2.05 bits per heavy atom. The molecule has 220 valence electrons.